The van der Waals surface area contributed by atoms with Crippen LogP contribution in [0.5, 0.6) is 11.5 Å². The van der Waals surface area contributed by atoms with Crippen molar-refractivity contribution in [3.63, 3.8) is 0 Å². The number of nitrogens with zero attached hydrogens (tertiary/aromatic N) is 2. The van der Waals surface area contributed by atoms with E-state index >= 15 is 0 Å². The Morgan fingerprint density at radius 1 is 1.20 bits per heavy atom. The number of pyridine rings is 1. The first-order valence-electron chi connectivity index (χ1n) is 8.13. The number of benzene rings is 1. The van der Waals surface area contributed by atoms with Gasteiger partial charge in [0.2, 0.25) is 6.79 Å². The lowest BCUT2D eigenvalue weighted by atomic mass is 10.2. The highest BCUT2D eigenvalue weighted by Crippen LogP contribution is 2.32. The molecule has 0 atom stereocenters. The molecule has 1 aliphatic heterocycles. The van der Waals surface area contributed by atoms with Crippen molar-refractivity contribution in [3.8, 4) is 11.5 Å². The summed E-state index contributed by atoms with van der Waals surface area (Å²) in [5, 5.41) is 6.16. The van der Waals surface area contributed by atoms with Crippen LogP contribution in [0, 0.1) is 0 Å². The molecule has 0 bridgehead atoms. The van der Waals surface area contributed by atoms with E-state index in [-0.39, 0.29) is 12.7 Å². The van der Waals surface area contributed by atoms with Gasteiger partial charge in [-0.2, -0.15) is 0 Å². The van der Waals surface area contributed by atoms with Gasteiger partial charge in [0, 0.05) is 31.5 Å². The summed E-state index contributed by atoms with van der Waals surface area (Å²) in [7, 11) is 4.03. The van der Waals surface area contributed by atoms with E-state index in [9.17, 15) is 4.79 Å². The number of fused-ring (bicyclic) bond motifs is 1. The summed E-state index contributed by atoms with van der Waals surface area (Å²) in [5.41, 5.74) is 2.21. The molecule has 0 unspecified atom stereocenters. The Hall–Kier alpha value is -2.80. The van der Waals surface area contributed by atoms with Crippen LogP contribution in [0.1, 0.15) is 16.1 Å². The van der Waals surface area contributed by atoms with E-state index in [1.165, 1.54) is 0 Å². The first kappa shape index (κ1) is 17.0. The van der Waals surface area contributed by atoms with Crippen LogP contribution in [0.25, 0.3) is 0 Å². The van der Waals surface area contributed by atoms with Crippen LogP contribution in [-0.2, 0) is 6.54 Å². The van der Waals surface area contributed by atoms with Crippen LogP contribution in [0.2, 0.25) is 0 Å². The highest BCUT2D eigenvalue weighted by Gasteiger charge is 2.14. The van der Waals surface area contributed by atoms with Gasteiger partial charge < -0.3 is 25.0 Å². The molecule has 2 heterocycles. The predicted octanol–water partition coefficient (Wildman–Crippen LogP) is 1.71. The third-order valence-electron chi connectivity index (χ3n) is 3.77. The van der Waals surface area contributed by atoms with Crippen molar-refractivity contribution in [1.29, 1.82) is 0 Å². The summed E-state index contributed by atoms with van der Waals surface area (Å²) in [5.74, 6) is 1.22. The fourth-order valence-corrected chi connectivity index (χ4v) is 2.41. The minimum atomic E-state index is -0.214. The van der Waals surface area contributed by atoms with Gasteiger partial charge in [0.15, 0.2) is 11.5 Å². The maximum absolute atomic E-state index is 12.3. The van der Waals surface area contributed by atoms with Gasteiger partial charge in [0.05, 0.1) is 0 Å². The third-order valence-corrected chi connectivity index (χ3v) is 3.77. The van der Waals surface area contributed by atoms with E-state index in [4.69, 9.17) is 9.47 Å². The summed E-state index contributed by atoms with van der Waals surface area (Å²) in [6.07, 6.45) is 1.63. The number of hydrogen-bond acceptors (Lipinski definition) is 6. The first-order chi connectivity index (χ1) is 12.1. The van der Waals surface area contributed by atoms with Crippen molar-refractivity contribution < 1.29 is 14.3 Å². The van der Waals surface area contributed by atoms with Crippen molar-refractivity contribution in [2.24, 2.45) is 0 Å². The lowest BCUT2D eigenvalue weighted by Gasteiger charge is -2.12. The van der Waals surface area contributed by atoms with E-state index in [1.54, 1.807) is 12.3 Å². The Labute approximate surface area is 147 Å². The van der Waals surface area contributed by atoms with Gasteiger partial charge in [-0.1, -0.05) is 6.07 Å². The third kappa shape index (κ3) is 4.60. The maximum atomic E-state index is 12.3. The Kier molecular flexibility index (Phi) is 5.35. The highest BCUT2D eigenvalue weighted by atomic mass is 16.7. The van der Waals surface area contributed by atoms with Crippen LogP contribution < -0.4 is 20.1 Å². The van der Waals surface area contributed by atoms with Gasteiger partial charge in [-0.05, 0) is 43.9 Å². The molecule has 0 saturated heterocycles. The standard InChI is InChI=1S/C18H22N4O3/c1-22(2)8-7-19-14-5-6-20-15(10-14)18(23)21-11-13-3-4-16-17(9-13)25-12-24-16/h3-6,9-10H,7-8,11-12H2,1-2H3,(H,19,20)(H,21,23). The Morgan fingerprint density at radius 2 is 2.04 bits per heavy atom. The molecule has 2 aromatic rings. The smallest absolute Gasteiger partial charge is 0.270 e. The normalized spacial score (nSPS) is 12.3. The molecule has 0 aliphatic carbocycles. The summed E-state index contributed by atoms with van der Waals surface area (Å²) in [4.78, 5) is 18.6. The SMILES string of the molecule is CN(C)CCNc1ccnc(C(=O)NCc2ccc3c(c2)OCO3)c1. The number of carbonyl (C=O) groups is 1. The van der Waals surface area contributed by atoms with E-state index in [0.29, 0.717) is 18.0 Å². The Morgan fingerprint density at radius 3 is 2.88 bits per heavy atom. The molecule has 1 aromatic carbocycles. The molecule has 132 valence electrons. The lowest BCUT2D eigenvalue weighted by molar-refractivity contribution is 0.0946. The predicted molar refractivity (Wildman–Crippen MR) is 95.0 cm³/mol. The monoisotopic (exact) mass is 342 g/mol. The molecule has 25 heavy (non-hydrogen) atoms. The average Bonchev–Trinajstić information content (AvgIpc) is 3.07. The number of carbonyl (C=O) groups excluding carboxylic acids is 1. The van der Waals surface area contributed by atoms with Gasteiger partial charge in [0.25, 0.3) is 5.91 Å². The molecule has 2 N–H and O–H groups in total. The fraction of sp³-hybridized carbons (Fsp3) is 0.333. The number of likely N-dealkylation sites (N-methyl/N-ethyl adjacent to an activating group) is 1. The second kappa shape index (κ2) is 7.85. The Bertz CT molecular complexity index is 749. The van der Waals surface area contributed by atoms with Crippen molar-refractivity contribution >= 4 is 11.6 Å². The number of rotatable bonds is 7. The molecule has 0 radical (unpaired) electrons. The first-order valence-corrected chi connectivity index (χ1v) is 8.13. The second-order valence-electron chi connectivity index (χ2n) is 6.03. The molecule has 7 heteroatoms. The zero-order valence-electron chi connectivity index (χ0n) is 14.4. The highest BCUT2D eigenvalue weighted by molar-refractivity contribution is 5.93. The molecular weight excluding hydrogens is 320 g/mol. The molecule has 0 spiro atoms. The minimum absolute atomic E-state index is 0.214. The molecule has 1 amide bonds. The van der Waals surface area contributed by atoms with Crippen molar-refractivity contribution in [3.05, 3.63) is 47.8 Å². The number of anilines is 1. The van der Waals surface area contributed by atoms with Crippen LogP contribution in [0.4, 0.5) is 5.69 Å². The second-order valence-corrected chi connectivity index (χ2v) is 6.03. The van der Waals surface area contributed by atoms with Gasteiger partial charge in [-0.3, -0.25) is 9.78 Å². The number of hydrogen-bond donors (Lipinski definition) is 2. The minimum Gasteiger partial charge on any atom is -0.454 e. The lowest BCUT2D eigenvalue weighted by Crippen LogP contribution is -2.24. The zero-order valence-corrected chi connectivity index (χ0v) is 14.4. The number of aromatic nitrogens is 1. The zero-order chi connectivity index (χ0) is 17.6. The number of ether oxygens (including phenoxy) is 2. The van der Waals surface area contributed by atoms with Crippen LogP contribution in [0.3, 0.4) is 0 Å². The van der Waals surface area contributed by atoms with Crippen LogP contribution in [-0.4, -0.2) is 49.8 Å². The Balaban J connectivity index is 1.56. The van der Waals surface area contributed by atoms with E-state index in [1.807, 2.05) is 38.4 Å². The molecule has 3 rings (SSSR count). The molecule has 0 fully saturated rings. The quantitative estimate of drug-likeness (QED) is 0.798. The van der Waals surface area contributed by atoms with Crippen molar-refractivity contribution in [1.82, 2.24) is 15.2 Å². The van der Waals surface area contributed by atoms with Gasteiger partial charge in [-0.15, -0.1) is 0 Å². The molecular formula is C18H22N4O3. The largest absolute Gasteiger partial charge is 0.454 e. The summed E-state index contributed by atoms with van der Waals surface area (Å²) in [6, 6.07) is 9.22. The summed E-state index contributed by atoms with van der Waals surface area (Å²) < 4.78 is 10.6. The average molecular weight is 342 g/mol. The summed E-state index contributed by atoms with van der Waals surface area (Å²) in [6.45, 7) is 2.35. The van der Waals surface area contributed by atoms with Crippen molar-refractivity contribution in [2.45, 2.75) is 6.54 Å². The maximum Gasteiger partial charge on any atom is 0.270 e. The number of amides is 1. The van der Waals surface area contributed by atoms with Crippen LogP contribution >= 0.6 is 0 Å². The fourth-order valence-electron chi connectivity index (χ4n) is 2.41. The van der Waals surface area contributed by atoms with Crippen LogP contribution in [0.15, 0.2) is 36.5 Å². The molecule has 1 aliphatic rings. The van der Waals surface area contributed by atoms with Crippen molar-refractivity contribution in [2.75, 3.05) is 39.3 Å². The number of nitrogens with one attached hydrogen (secondary N) is 2. The van der Waals surface area contributed by atoms with Gasteiger partial charge >= 0.3 is 0 Å². The summed E-state index contributed by atoms with van der Waals surface area (Å²) >= 11 is 0. The molecule has 1 aromatic heterocycles. The molecule has 7 nitrogen and oxygen atoms in total. The van der Waals surface area contributed by atoms with E-state index in [2.05, 4.69) is 20.5 Å². The van der Waals surface area contributed by atoms with E-state index < -0.39 is 0 Å². The van der Waals surface area contributed by atoms with Gasteiger partial charge in [-0.25, -0.2) is 0 Å². The topological polar surface area (TPSA) is 75.7 Å². The molecule has 0 saturated carbocycles. The van der Waals surface area contributed by atoms with Gasteiger partial charge in [0.1, 0.15) is 5.69 Å². The van der Waals surface area contributed by atoms with E-state index in [0.717, 1.165) is 30.1 Å².